The van der Waals surface area contributed by atoms with Gasteiger partial charge in [0.2, 0.25) is 0 Å². The van der Waals surface area contributed by atoms with Gasteiger partial charge in [0.05, 0.1) is 0 Å². The lowest BCUT2D eigenvalue weighted by atomic mass is 9.89. The summed E-state index contributed by atoms with van der Waals surface area (Å²) >= 11 is 0. The summed E-state index contributed by atoms with van der Waals surface area (Å²) in [6.07, 6.45) is 8.93. The molecule has 0 N–H and O–H groups in total. The average Bonchev–Trinajstić information content (AvgIpc) is 2.65. The molecule has 0 bridgehead atoms. The number of aryl methyl sites for hydroxylation is 1. The highest BCUT2D eigenvalue weighted by molar-refractivity contribution is 5.88. The van der Waals surface area contributed by atoms with Gasteiger partial charge in [0, 0.05) is 17.1 Å². The molecule has 5 heteroatoms. The normalized spacial score (nSPS) is 15.7. The maximum Gasteiger partial charge on any atom is 0.338 e. The van der Waals surface area contributed by atoms with Crippen molar-refractivity contribution >= 4 is 11.9 Å². The van der Waals surface area contributed by atoms with Crippen LogP contribution in [-0.2, 0) is 19.1 Å². The molecule has 0 saturated heterocycles. The topological polar surface area (TPSA) is 61.8 Å². The molecule has 1 unspecified atom stereocenters. The van der Waals surface area contributed by atoms with Crippen LogP contribution in [0.1, 0.15) is 37.3 Å². The van der Waals surface area contributed by atoms with Crippen LogP contribution in [0.5, 0.6) is 5.75 Å². The predicted molar refractivity (Wildman–Crippen MR) is 107 cm³/mol. The van der Waals surface area contributed by atoms with Crippen LogP contribution < -0.4 is 4.74 Å². The summed E-state index contributed by atoms with van der Waals surface area (Å²) in [6.45, 7) is 12.3. The Labute approximate surface area is 165 Å². The minimum absolute atomic E-state index is 0.188. The Kier molecular flexibility index (Phi) is 7.15. The number of carbonyl (C=O) groups is 2. The molecule has 2 rings (SSSR count). The molecule has 0 heterocycles. The van der Waals surface area contributed by atoms with E-state index in [0.29, 0.717) is 22.7 Å². The van der Waals surface area contributed by atoms with Gasteiger partial charge in [0.25, 0.3) is 0 Å². The quantitative estimate of drug-likeness (QED) is 0.378. The lowest BCUT2D eigenvalue weighted by Gasteiger charge is -2.19. The first-order valence-electron chi connectivity index (χ1n) is 8.82. The van der Waals surface area contributed by atoms with Gasteiger partial charge in [-0.2, -0.15) is 0 Å². The number of hydrogen-bond donors (Lipinski definition) is 0. The van der Waals surface area contributed by atoms with E-state index in [1.54, 1.807) is 19.9 Å². The molecule has 0 saturated carbocycles. The molecule has 0 aromatic heterocycles. The first kappa shape index (κ1) is 21.0. The first-order chi connectivity index (χ1) is 13.3. The van der Waals surface area contributed by atoms with Crippen molar-refractivity contribution in [1.29, 1.82) is 0 Å². The van der Waals surface area contributed by atoms with E-state index in [2.05, 4.69) is 13.2 Å². The Balaban J connectivity index is 1.95. The summed E-state index contributed by atoms with van der Waals surface area (Å²) in [4.78, 5) is 22.9. The van der Waals surface area contributed by atoms with Crippen molar-refractivity contribution in [2.45, 2.75) is 33.1 Å². The zero-order chi connectivity index (χ0) is 20.7. The number of benzene rings is 1. The van der Waals surface area contributed by atoms with Crippen LogP contribution in [0.2, 0.25) is 0 Å². The zero-order valence-corrected chi connectivity index (χ0v) is 16.4. The van der Waals surface area contributed by atoms with E-state index in [9.17, 15) is 9.59 Å². The van der Waals surface area contributed by atoms with E-state index in [1.165, 1.54) is 12.5 Å². The number of allylic oxidation sites excluding steroid dienone is 3. The molecule has 28 heavy (non-hydrogen) atoms. The molecule has 1 aliphatic carbocycles. The number of carbonyl (C=O) groups excluding carboxylic acids is 2. The third-order valence-electron chi connectivity index (χ3n) is 4.05. The van der Waals surface area contributed by atoms with Crippen molar-refractivity contribution < 1.29 is 23.8 Å². The van der Waals surface area contributed by atoms with E-state index in [-0.39, 0.29) is 5.92 Å². The number of hydrogen-bond acceptors (Lipinski definition) is 5. The zero-order valence-electron chi connectivity index (χ0n) is 16.4. The van der Waals surface area contributed by atoms with Gasteiger partial charge < -0.3 is 14.2 Å². The number of rotatable bonds is 7. The fourth-order valence-corrected chi connectivity index (χ4v) is 2.54. The van der Waals surface area contributed by atoms with E-state index < -0.39 is 11.9 Å². The molecule has 0 spiro atoms. The third kappa shape index (κ3) is 5.84. The predicted octanol–water partition coefficient (Wildman–Crippen LogP) is 5.01. The largest absolute Gasteiger partial charge is 0.462 e. The summed E-state index contributed by atoms with van der Waals surface area (Å²) in [7, 11) is 0. The Morgan fingerprint density at radius 1 is 1.11 bits per heavy atom. The highest BCUT2D eigenvalue weighted by Gasteiger charge is 2.16. The van der Waals surface area contributed by atoms with Crippen LogP contribution in [0.4, 0.5) is 0 Å². The monoisotopic (exact) mass is 380 g/mol. The SMILES string of the molecule is C=C(C)C(=O)O/C=C\Oc1ccc(C2C=CC(OC(=O)C(=C)C)=CC2)c(C)c1. The van der Waals surface area contributed by atoms with Crippen LogP contribution in [0.3, 0.4) is 0 Å². The van der Waals surface area contributed by atoms with E-state index in [4.69, 9.17) is 14.2 Å². The smallest absolute Gasteiger partial charge is 0.338 e. The van der Waals surface area contributed by atoms with Crippen LogP contribution in [0, 0.1) is 6.92 Å². The average molecular weight is 380 g/mol. The lowest BCUT2D eigenvalue weighted by molar-refractivity contribution is -0.135. The summed E-state index contributed by atoms with van der Waals surface area (Å²) in [5, 5.41) is 0. The number of ether oxygens (including phenoxy) is 3. The highest BCUT2D eigenvalue weighted by atomic mass is 16.5. The van der Waals surface area contributed by atoms with Gasteiger partial charge in [0.15, 0.2) is 0 Å². The van der Waals surface area contributed by atoms with Gasteiger partial charge in [-0.15, -0.1) is 0 Å². The minimum atomic E-state index is -0.503. The van der Waals surface area contributed by atoms with E-state index >= 15 is 0 Å². The lowest BCUT2D eigenvalue weighted by Crippen LogP contribution is -2.07. The van der Waals surface area contributed by atoms with Crippen LogP contribution in [0.25, 0.3) is 0 Å². The fourth-order valence-electron chi connectivity index (χ4n) is 2.54. The summed E-state index contributed by atoms with van der Waals surface area (Å²) in [6, 6.07) is 5.75. The molecule has 1 aromatic carbocycles. The molecule has 0 aliphatic heterocycles. The van der Waals surface area contributed by atoms with Gasteiger partial charge in [-0.3, -0.25) is 0 Å². The van der Waals surface area contributed by atoms with Crippen molar-refractivity contribution in [1.82, 2.24) is 0 Å². The van der Waals surface area contributed by atoms with Crippen molar-refractivity contribution in [2.24, 2.45) is 0 Å². The van der Waals surface area contributed by atoms with Crippen molar-refractivity contribution in [3.63, 3.8) is 0 Å². The van der Waals surface area contributed by atoms with Crippen molar-refractivity contribution in [3.05, 3.63) is 90.1 Å². The molecule has 146 valence electrons. The number of esters is 2. The maximum atomic E-state index is 11.6. The van der Waals surface area contributed by atoms with Gasteiger partial charge in [0.1, 0.15) is 24.0 Å². The third-order valence-corrected chi connectivity index (χ3v) is 4.05. The van der Waals surface area contributed by atoms with Gasteiger partial charge in [-0.25, -0.2) is 9.59 Å². The maximum absolute atomic E-state index is 11.6. The molecule has 0 radical (unpaired) electrons. The van der Waals surface area contributed by atoms with Gasteiger partial charge >= 0.3 is 11.9 Å². The summed E-state index contributed by atoms with van der Waals surface area (Å²) in [5.41, 5.74) is 2.90. The fraction of sp³-hybridized carbons (Fsp3) is 0.217. The summed E-state index contributed by atoms with van der Waals surface area (Å²) in [5.74, 6) is 0.436. The molecular weight excluding hydrogens is 356 g/mol. The van der Waals surface area contributed by atoms with Crippen LogP contribution >= 0.6 is 0 Å². The van der Waals surface area contributed by atoms with Crippen LogP contribution in [0.15, 0.2) is 79.0 Å². The Bertz CT molecular complexity index is 886. The molecule has 1 aromatic rings. The van der Waals surface area contributed by atoms with Gasteiger partial charge in [-0.05, 0) is 62.6 Å². The Morgan fingerprint density at radius 3 is 2.39 bits per heavy atom. The second kappa shape index (κ2) is 9.55. The van der Waals surface area contributed by atoms with E-state index in [1.807, 2.05) is 37.3 Å². The summed E-state index contributed by atoms with van der Waals surface area (Å²) < 4.78 is 15.5. The minimum Gasteiger partial charge on any atom is -0.462 e. The molecule has 1 atom stereocenters. The Hall–Kier alpha value is -3.34. The van der Waals surface area contributed by atoms with Gasteiger partial charge in [-0.1, -0.05) is 25.3 Å². The van der Waals surface area contributed by atoms with Crippen molar-refractivity contribution in [3.8, 4) is 5.75 Å². The second-order valence-corrected chi connectivity index (χ2v) is 6.57. The van der Waals surface area contributed by atoms with Crippen LogP contribution in [-0.4, -0.2) is 11.9 Å². The van der Waals surface area contributed by atoms with Crippen molar-refractivity contribution in [2.75, 3.05) is 0 Å². The van der Waals surface area contributed by atoms with E-state index in [0.717, 1.165) is 17.5 Å². The molecular formula is C23H24O5. The standard InChI is InChI=1S/C23H24O5/c1-15(2)22(24)27-13-12-26-20-10-11-21(17(5)14-20)18-6-8-19(9-7-18)28-23(25)16(3)4/h6,8-14,18H,1,3,7H2,2,4-5H3/b13-12-. The molecule has 5 nitrogen and oxygen atoms in total. The Morgan fingerprint density at radius 2 is 1.82 bits per heavy atom. The second-order valence-electron chi connectivity index (χ2n) is 6.57. The molecule has 1 aliphatic rings. The molecule has 0 fully saturated rings. The molecule has 0 amide bonds. The highest BCUT2D eigenvalue weighted by Crippen LogP contribution is 2.31. The first-order valence-corrected chi connectivity index (χ1v) is 8.82.